The van der Waals surface area contributed by atoms with Crippen LogP contribution in [0.25, 0.3) is 0 Å². The second-order valence-corrected chi connectivity index (χ2v) is 5.20. The van der Waals surface area contributed by atoms with Crippen molar-refractivity contribution >= 4 is 28.7 Å². The molecule has 0 heterocycles. The Balaban J connectivity index is 2.39. The summed E-state index contributed by atoms with van der Waals surface area (Å²) >= 11 is 6.03. The van der Waals surface area contributed by atoms with Gasteiger partial charge in [-0.3, -0.25) is 0 Å². The number of nitriles is 1. The molecule has 0 aliphatic rings. The first kappa shape index (κ1) is 14.2. The van der Waals surface area contributed by atoms with Crippen LogP contribution in [0.5, 0.6) is 0 Å². The molecule has 0 saturated heterocycles. The lowest BCUT2D eigenvalue weighted by Gasteiger charge is -2.18. The number of anilines is 3. The maximum Gasteiger partial charge on any atom is 0.103 e. The third-order valence-electron chi connectivity index (χ3n) is 3.10. The van der Waals surface area contributed by atoms with Crippen molar-refractivity contribution in [1.82, 2.24) is 0 Å². The standard InChI is InChI=1S/C16H16ClN3/c1-11-7-8-12(9-16(11)20(2)3)19-15-6-4-5-14(17)13(15)10-18/h4-9,19H,1-3H3. The molecule has 1 N–H and O–H groups in total. The fourth-order valence-electron chi connectivity index (χ4n) is 2.07. The van der Waals surface area contributed by atoms with Crippen LogP contribution in [0.1, 0.15) is 11.1 Å². The van der Waals surface area contributed by atoms with Crippen LogP contribution in [0.4, 0.5) is 17.1 Å². The summed E-state index contributed by atoms with van der Waals surface area (Å²) < 4.78 is 0. The highest BCUT2D eigenvalue weighted by atomic mass is 35.5. The van der Waals surface area contributed by atoms with Crippen molar-refractivity contribution < 1.29 is 0 Å². The molecule has 0 saturated carbocycles. The molecule has 0 amide bonds. The Kier molecular flexibility index (Phi) is 4.16. The number of hydrogen-bond donors (Lipinski definition) is 1. The molecule has 4 heteroatoms. The molecule has 0 unspecified atom stereocenters. The largest absolute Gasteiger partial charge is 0.377 e. The zero-order valence-corrected chi connectivity index (χ0v) is 12.5. The zero-order chi connectivity index (χ0) is 14.7. The second kappa shape index (κ2) is 5.85. The van der Waals surface area contributed by atoms with Crippen molar-refractivity contribution in [2.45, 2.75) is 6.92 Å². The van der Waals surface area contributed by atoms with E-state index in [1.807, 2.05) is 38.4 Å². The first-order valence-corrected chi connectivity index (χ1v) is 6.64. The van der Waals surface area contributed by atoms with Gasteiger partial charge in [0.1, 0.15) is 6.07 Å². The summed E-state index contributed by atoms with van der Waals surface area (Å²) in [6.07, 6.45) is 0. The fraction of sp³-hybridized carbons (Fsp3) is 0.188. The molecule has 0 aliphatic heterocycles. The molecule has 0 atom stereocenters. The van der Waals surface area contributed by atoms with Crippen LogP contribution in [0.15, 0.2) is 36.4 Å². The first-order chi connectivity index (χ1) is 9.52. The summed E-state index contributed by atoms with van der Waals surface area (Å²) in [5, 5.41) is 12.9. The topological polar surface area (TPSA) is 39.1 Å². The molecule has 0 bridgehead atoms. The Morgan fingerprint density at radius 1 is 1.20 bits per heavy atom. The number of aryl methyl sites for hydroxylation is 1. The molecule has 0 radical (unpaired) electrons. The van der Waals surface area contributed by atoms with Gasteiger partial charge in [0.05, 0.1) is 16.3 Å². The van der Waals surface area contributed by atoms with Gasteiger partial charge >= 0.3 is 0 Å². The van der Waals surface area contributed by atoms with Gasteiger partial charge in [-0.1, -0.05) is 23.7 Å². The van der Waals surface area contributed by atoms with Crippen molar-refractivity contribution in [3.63, 3.8) is 0 Å². The lowest BCUT2D eigenvalue weighted by molar-refractivity contribution is 1.11. The van der Waals surface area contributed by atoms with Crippen LogP contribution in [-0.2, 0) is 0 Å². The highest BCUT2D eigenvalue weighted by Gasteiger charge is 2.08. The van der Waals surface area contributed by atoms with E-state index in [9.17, 15) is 5.26 Å². The Morgan fingerprint density at radius 2 is 1.95 bits per heavy atom. The maximum atomic E-state index is 9.18. The van der Waals surface area contributed by atoms with Gasteiger partial charge in [0.15, 0.2) is 0 Å². The van der Waals surface area contributed by atoms with Crippen LogP contribution < -0.4 is 10.2 Å². The Bertz CT molecular complexity index is 672. The predicted molar refractivity (Wildman–Crippen MR) is 85.0 cm³/mol. The minimum absolute atomic E-state index is 0.456. The summed E-state index contributed by atoms with van der Waals surface area (Å²) in [7, 11) is 4.01. The van der Waals surface area contributed by atoms with Crippen LogP contribution in [0.3, 0.4) is 0 Å². The van der Waals surface area contributed by atoms with Gasteiger partial charge in [0.2, 0.25) is 0 Å². The molecule has 2 aromatic rings. The van der Waals surface area contributed by atoms with Gasteiger partial charge in [-0.2, -0.15) is 5.26 Å². The van der Waals surface area contributed by atoms with Crippen LogP contribution in [0, 0.1) is 18.3 Å². The van der Waals surface area contributed by atoms with E-state index < -0.39 is 0 Å². The number of hydrogen-bond acceptors (Lipinski definition) is 3. The highest BCUT2D eigenvalue weighted by molar-refractivity contribution is 6.32. The number of halogens is 1. The van der Waals surface area contributed by atoms with E-state index in [1.54, 1.807) is 6.07 Å². The summed E-state index contributed by atoms with van der Waals surface area (Å²) in [5.41, 5.74) is 4.44. The molecular formula is C16H16ClN3. The molecule has 20 heavy (non-hydrogen) atoms. The molecular weight excluding hydrogens is 270 g/mol. The van der Waals surface area contributed by atoms with Crippen LogP contribution in [0.2, 0.25) is 5.02 Å². The minimum atomic E-state index is 0.456. The molecule has 2 rings (SSSR count). The third kappa shape index (κ3) is 2.87. The number of benzene rings is 2. The average Bonchev–Trinajstić information content (AvgIpc) is 2.41. The van der Waals surface area contributed by atoms with Gasteiger partial charge in [0.25, 0.3) is 0 Å². The molecule has 0 spiro atoms. The number of nitrogens with one attached hydrogen (secondary N) is 1. The van der Waals surface area contributed by atoms with Crippen molar-refractivity contribution in [3.8, 4) is 6.07 Å². The molecule has 2 aromatic carbocycles. The lowest BCUT2D eigenvalue weighted by Crippen LogP contribution is -2.10. The SMILES string of the molecule is Cc1ccc(Nc2cccc(Cl)c2C#N)cc1N(C)C. The van der Waals surface area contributed by atoms with Crippen molar-refractivity contribution in [3.05, 3.63) is 52.5 Å². The summed E-state index contributed by atoms with van der Waals surface area (Å²) in [6.45, 7) is 2.07. The second-order valence-electron chi connectivity index (χ2n) is 4.79. The molecule has 0 aliphatic carbocycles. The maximum absolute atomic E-state index is 9.18. The quantitative estimate of drug-likeness (QED) is 0.912. The molecule has 0 aromatic heterocycles. The van der Waals surface area contributed by atoms with E-state index in [0.29, 0.717) is 16.3 Å². The lowest BCUT2D eigenvalue weighted by atomic mass is 10.1. The zero-order valence-electron chi connectivity index (χ0n) is 11.7. The van der Waals surface area contributed by atoms with Gasteiger partial charge in [-0.25, -0.2) is 0 Å². The Hall–Kier alpha value is -2.18. The van der Waals surface area contributed by atoms with Gasteiger partial charge in [-0.15, -0.1) is 0 Å². The minimum Gasteiger partial charge on any atom is -0.377 e. The van der Waals surface area contributed by atoms with E-state index in [4.69, 9.17) is 11.6 Å². The van der Waals surface area contributed by atoms with E-state index in [0.717, 1.165) is 11.4 Å². The highest BCUT2D eigenvalue weighted by Crippen LogP contribution is 2.29. The summed E-state index contributed by atoms with van der Waals surface area (Å²) in [4.78, 5) is 2.06. The molecule has 102 valence electrons. The smallest absolute Gasteiger partial charge is 0.103 e. The van der Waals surface area contributed by atoms with E-state index in [-0.39, 0.29) is 0 Å². The number of nitrogens with zero attached hydrogens (tertiary/aromatic N) is 2. The molecule has 0 fully saturated rings. The average molecular weight is 286 g/mol. The van der Waals surface area contributed by atoms with E-state index in [2.05, 4.69) is 29.3 Å². The van der Waals surface area contributed by atoms with Crippen LogP contribution in [-0.4, -0.2) is 14.1 Å². The van der Waals surface area contributed by atoms with Crippen LogP contribution >= 0.6 is 11.6 Å². The monoisotopic (exact) mass is 285 g/mol. The van der Waals surface area contributed by atoms with Crippen molar-refractivity contribution in [1.29, 1.82) is 5.26 Å². The first-order valence-electron chi connectivity index (χ1n) is 6.26. The van der Waals surface area contributed by atoms with Gasteiger partial charge in [0, 0.05) is 25.5 Å². The normalized spacial score (nSPS) is 9.95. The summed E-state index contributed by atoms with van der Waals surface area (Å²) in [5.74, 6) is 0. The van der Waals surface area contributed by atoms with E-state index in [1.165, 1.54) is 5.56 Å². The number of rotatable bonds is 3. The Morgan fingerprint density at radius 3 is 2.60 bits per heavy atom. The van der Waals surface area contributed by atoms with E-state index >= 15 is 0 Å². The molecule has 3 nitrogen and oxygen atoms in total. The summed E-state index contributed by atoms with van der Waals surface area (Å²) in [6, 6.07) is 13.6. The van der Waals surface area contributed by atoms with Gasteiger partial charge < -0.3 is 10.2 Å². The van der Waals surface area contributed by atoms with Crippen molar-refractivity contribution in [2.24, 2.45) is 0 Å². The van der Waals surface area contributed by atoms with Crippen molar-refractivity contribution in [2.75, 3.05) is 24.3 Å². The Labute approximate surface area is 124 Å². The van der Waals surface area contributed by atoms with Gasteiger partial charge in [-0.05, 0) is 36.8 Å². The predicted octanol–water partition coefficient (Wildman–Crippen LogP) is 4.33. The fourth-order valence-corrected chi connectivity index (χ4v) is 2.28. The third-order valence-corrected chi connectivity index (χ3v) is 3.41.